The fourth-order valence-electron chi connectivity index (χ4n) is 2.63. The van der Waals surface area contributed by atoms with Crippen molar-refractivity contribution < 1.29 is 14.3 Å². The minimum atomic E-state index is -0.326. The van der Waals surface area contributed by atoms with Crippen LogP contribution in [0.3, 0.4) is 0 Å². The standard InChI is InChI=1S/C18H17N3O4/c1-24-15-9-5-8-13(16(15)25-2)17(22)19-10-14-11-6-3-4-7-12(11)18(23)21-20-14/h3-9H,10H2,1-2H3,(H,19,22)(H,21,23). The molecule has 1 amide bonds. The molecular weight excluding hydrogens is 322 g/mol. The maximum Gasteiger partial charge on any atom is 0.272 e. The van der Waals surface area contributed by atoms with E-state index in [0.717, 1.165) is 0 Å². The van der Waals surface area contributed by atoms with E-state index in [4.69, 9.17) is 9.47 Å². The molecule has 0 fully saturated rings. The number of amides is 1. The molecule has 0 radical (unpaired) electrons. The molecule has 1 aromatic heterocycles. The Hall–Kier alpha value is -3.35. The van der Waals surface area contributed by atoms with E-state index in [1.165, 1.54) is 14.2 Å². The van der Waals surface area contributed by atoms with Gasteiger partial charge in [-0.1, -0.05) is 24.3 Å². The Bertz CT molecular complexity index is 981. The summed E-state index contributed by atoms with van der Waals surface area (Å²) in [5, 5.41) is 10.5. The molecule has 25 heavy (non-hydrogen) atoms. The van der Waals surface area contributed by atoms with Gasteiger partial charge in [0.05, 0.1) is 37.4 Å². The molecule has 0 saturated carbocycles. The molecular formula is C18H17N3O4. The van der Waals surface area contributed by atoms with Gasteiger partial charge in [-0.2, -0.15) is 5.10 Å². The zero-order chi connectivity index (χ0) is 17.8. The number of carbonyl (C=O) groups excluding carboxylic acids is 1. The zero-order valence-electron chi connectivity index (χ0n) is 13.8. The number of H-pyrrole nitrogens is 1. The molecule has 0 bridgehead atoms. The van der Waals surface area contributed by atoms with E-state index < -0.39 is 0 Å². The van der Waals surface area contributed by atoms with Crippen molar-refractivity contribution in [1.29, 1.82) is 0 Å². The maximum atomic E-state index is 12.5. The summed E-state index contributed by atoms with van der Waals surface area (Å²) in [6.45, 7) is 0.163. The van der Waals surface area contributed by atoms with Gasteiger partial charge in [-0.25, -0.2) is 5.10 Å². The summed E-state index contributed by atoms with van der Waals surface area (Å²) in [4.78, 5) is 24.3. The largest absolute Gasteiger partial charge is 0.493 e. The van der Waals surface area contributed by atoms with E-state index >= 15 is 0 Å². The van der Waals surface area contributed by atoms with Crippen LogP contribution in [0.5, 0.6) is 11.5 Å². The monoisotopic (exact) mass is 339 g/mol. The van der Waals surface area contributed by atoms with Crippen LogP contribution in [0.1, 0.15) is 16.1 Å². The van der Waals surface area contributed by atoms with Gasteiger partial charge in [0.25, 0.3) is 11.5 Å². The predicted octanol–water partition coefficient (Wildman–Crippen LogP) is 1.87. The molecule has 0 aliphatic carbocycles. The smallest absolute Gasteiger partial charge is 0.272 e. The molecule has 1 heterocycles. The summed E-state index contributed by atoms with van der Waals surface area (Å²) in [7, 11) is 2.99. The molecule has 0 aliphatic heterocycles. The molecule has 7 heteroatoms. The molecule has 0 unspecified atom stereocenters. The van der Waals surface area contributed by atoms with Crippen LogP contribution in [0.15, 0.2) is 47.3 Å². The first-order valence-corrected chi connectivity index (χ1v) is 7.61. The zero-order valence-corrected chi connectivity index (χ0v) is 13.8. The number of ether oxygens (including phenoxy) is 2. The molecule has 3 rings (SSSR count). The Kier molecular flexibility index (Phi) is 4.65. The molecule has 0 aliphatic rings. The van der Waals surface area contributed by atoms with Crippen molar-refractivity contribution in [2.45, 2.75) is 6.54 Å². The number of methoxy groups -OCH3 is 2. The lowest BCUT2D eigenvalue weighted by Gasteiger charge is -2.12. The third-order valence-corrected chi connectivity index (χ3v) is 3.84. The van der Waals surface area contributed by atoms with Gasteiger partial charge in [0.2, 0.25) is 0 Å². The lowest BCUT2D eigenvalue weighted by atomic mass is 10.1. The summed E-state index contributed by atoms with van der Waals surface area (Å²) >= 11 is 0. The second-order valence-electron chi connectivity index (χ2n) is 5.27. The van der Waals surface area contributed by atoms with Crippen LogP contribution in [-0.4, -0.2) is 30.3 Å². The Morgan fingerprint density at radius 3 is 2.56 bits per heavy atom. The van der Waals surface area contributed by atoms with Gasteiger partial charge in [-0.05, 0) is 18.2 Å². The average Bonchev–Trinajstić information content (AvgIpc) is 2.66. The molecule has 3 aromatic rings. The lowest BCUT2D eigenvalue weighted by Crippen LogP contribution is -2.25. The fraction of sp³-hybridized carbons (Fsp3) is 0.167. The van der Waals surface area contributed by atoms with Crippen LogP contribution in [0.4, 0.5) is 0 Å². The summed E-state index contributed by atoms with van der Waals surface area (Å²) in [5.74, 6) is 0.511. The van der Waals surface area contributed by atoms with E-state index in [9.17, 15) is 9.59 Å². The summed E-state index contributed by atoms with van der Waals surface area (Å²) < 4.78 is 10.5. The maximum absolute atomic E-state index is 12.5. The summed E-state index contributed by atoms with van der Waals surface area (Å²) in [6, 6.07) is 12.2. The quantitative estimate of drug-likeness (QED) is 0.740. The first-order valence-electron chi connectivity index (χ1n) is 7.61. The molecule has 0 atom stereocenters. The van der Waals surface area contributed by atoms with Crippen LogP contribution in [0.25, 0.3) is 10.8 Å². The number of rotatable bonds is 5. The Balaban J connectivity index is 1.87. The molecule has 7 nitrogen and oxygen atoms in total. The third kappa shape index (κ3) is 3.16. The fourth-order valence-corrected chi connectivity index (χ4v) is 2.63. The number of hydrogen-bond donors (Lipinski definition) is 2. The Morgan fingerprint density at radius 1 is 1.08 bits per heavy atom. The highest BCUT2D eigenvalue weighted by Gasteiger charge is 2.16. The van der Waals surface area contributed by atoms with E-state index in [2.05, 4.69) is 15.5 Å². The predicted molar refractivity (Wildman–Crippen MR) is 93.1 cm³/mol. The molecule has 0 spiro atoms. The van der Waals surface area contributed by atoms with Gasteiger partial charge in [0.15, 0.2) is 11.5 Å². The molecule has 128 valence electrons. The summed E-state index contributed by atoms with van der Waals surface area (Å²) in [5.41, 5.74) is 0.668. The Labute approximate surface area is 143 Å². The van der Waals surface area contributed by atoms with Crippen molar-refractivity contribution in [3.8, 4) is 11.5 Å². The number of fused-ring (bicyclic) bond motifs is 1. The van der Waals surface area contributed by atoms with Crippen LogP contribution in [0.2, 0.25) is 0 Å². The highest BCUT2D eigenvalue weighted by Crippen LogP contribution is 2.30. The second kappa shape index (κ2) is 7.04. The van der Waals surface area contributed by atoms with Crippen LogP contribution >= 0.6 is 0 Å². The minimum absolute atomic E-state index is 0.163. The van der Waals surface area contributed by atoms with Gasteiger partial charge in [-0.15, -0.1) is 0 Å². The number of hydrogen-bond acceptors (Lipinski definition) is 5. The minimum Gasteiger partial charge on any atom is -0.493 e. The first kappa shape index (κ1) is 16.5. The second-order valence-corrected chi connectivity index (χ2v) is 5.27. The number of aromatic nitrogens is 2. The van der Waals surface area contributed by atoms with Crippen molar-refractivity contribution in [3.05, 3.63) is 64.1 Å². The number of nitrogens with one attached hydrogen (secondary N) is 2. The van der Waals surface area contributed by atoms with E-state index in [-0.39, 0.29) is 18.0 Å². The van der Waals surface area contributed by atoms with Gasteiger partial charge in [-0.3, -0.25) is 9.59 Å². The van der Waals surface area contributed by atoms with Crippen molar-refractivity contribution in [1.82, 2.24) is 15.5 Å². The summed E-state index contributed by atoms with van der Waals surface area (Å²) in [6.07, 6.45) is 0. The van der Waals surface area contributed by atoms with Crippen molar-refractivity contribution in [2.75, 3.05) is 14.2 Å². The van der Waals surface area contributed by atoms with Crippen molar-refractivity contribution in [3.63, 3.8) is 0 Å². The van der Waals surface area contributed by atoms with E-state index in [0.29, 0.717) is 33.5 Å². The topological polar surface area (TPSA) is 93.3 Å². The number of carbonyl (C=O) groups is 1. The SMILES string of the molecule is COc1cccc(C(=O)NCc2n[nH]c(=O)c3ccccc23)c1OC. The molecule has 2 aromatic carbocycles. The van der Waals surface area contributed by atoms with Gasteiger partial charge in [0.1, 0.15) is 0 Å². The van der Waals surface area contributed by atoms with Crippen LogP contribution < -0.4 is 20.3 Å². The number of benzene rings is 2. The van der Waals surface area contributed by atoms with Gasteiger partial charge in [0, 0.05) is 5.39 Å². The number of nitrogens with zero attached hydrogens (tertiary/aromatic N) is 1. The van der Waals surface area contributed by atoms with Crippen LogP contribution in [0, 0.1) is 0 Å². The molecule has 2 N–H and O–H groups in total. The van der Waals surface area contributed by atoms with E-state index in [1.807, 2.05) is 6.07 Å². The number of aromatic amines is 1. The Morgan fingerprint density at radius 2 is 1.84 bits per heavy atom. The highest BCUT2D eigenvalue weighted by atomic mass is 16.5. The first-order chi connectivity index (χ1) is 12.2. The number of para-hydroxylation sites is 1. The van der Waals surface area contributed by atoms with Crippen molar-refractivity contribution in [2.24, 2.45) is 0 Å². The van der Waals surface area contributed by atoms with Crippen LogP contribution in [-0.2, 0) is 6.54 Å². The lowest BCUT2D eigenvalue weighted by molar-refractivity contribution is 0.0947. The van der Waals surface area contributed by atoms with E-state index in [1.54, 1.807) is 36.4 Å². The van der Waals surface area contributed by atoms with Gasteiger partial charge < -0.3 is 14.8 Å². The normalized spacial score (nSPS) is 10.5. The third-order valence-electron chi connectivity index (χ3n) is 3.84. The highest BCUT2D eigenvalue weighted by molar-refractivity contribution is 5.98. The van der Waals surface area contributed by atoms with Gasteiger partial charge >= 0.3 is 0 Å². The van der Waals surface area contributed by atoms with Crippen molar-refractivity contribution >= 4 is 16.7 Å². The molecule has 0 saturated heterocycles. The average molecular weight is 339 g/mol.